The van der Waals surface area contributed by atoms with E-state index in [9.17, 15) is 4.79 Å². The summed E-state index contributed by atoms with van der Waals surface area (Å²) in [5, 5.41) is 16.0. The zero-order valence-electron chi connectivity index (χ0n) is 9.97. The third-order valence-corrected chi connectivity index (χ3v) is 2.13. The maximum absolute atomic E-state index is 10.7. The first-order chi connectivity index (χ1) is 7.95. The van der Waals surface area contributed by atoms with Crippen molar-refractivity contribution in [1.82, 2.24) is 0 Å². The lowest BCUT2D eigenvalue weighted by Gasteiger charge is -2.14. The van der Waals surface area contributed by atoms with Gasteiger partial charge in [-0.3, -0.25) is 5.41 Å². The Morgan fingerprint density at radius 2 is 2.06 bits per heavy atom. The van der Waals surface area contributed by atoms with Gasteiger partial charge < -0.3 is 20.3 Å². The van der Waals surface area contributed by atoms with Crippen molar-refractivity contribution < 1.29 is 19.4 Å². The zero-order chi connectivity index (χ0) is 13.0. The molecule has 0 saturated carbocycles. The van der Waals surface area contributed by atoms with E-state index in [2.05, 4.69) is 0 Å². The normalized spacial score (nSPS) is 11.0. The summed E-state index contributed by atoms with van der Waals surface area (Å²) in [6, 6.07) is 4.61. The number of nitrogens with one attached hydrogen (secondary N) is 1. The maximum atomic E-state index is 10.7. The van der Waals surface area contributed by atoms with Crippen LogP contribution in [0.15, 0.2) is 18.2 Å². The molecule has 0 bridgehead atoms. The minimum Gasteiger partial charge on any atom is -0.493 e. The summed E-state index contributed by atoms with van der Waals surface area (Å²) in [5.74, 6) is -0.526. The van der Waals surface area contributed by atoms with Crippen LogP contribution >= 0.6 is 12.4 Å². The monoisotopic (exact) mass is 274 g/mol. The smallest absolute Gasteiger partial charge is 0.344 e. The number of nitrogens with two attached hydrogens (primary N) is 1. The number of carboxylic acid groups (broad SMARTS) is 1. The van der Waals surface area contributed by atoms with Crippen LogP contribution in [0.1, 0.15) is 12.5 Å². The van der Waals surface area contributed by atoms with Gasteiger partial charge >= 0.3 is 5.97 Å². The highest BCUT2D eigenvalue weighted by molar-refractivity contribution is 5.95. The summed E-state index contributed by atoms with van der Waals surface area (Å²) in [6.45, 7) is 1.42. The van der Waals surface area contributed by atoms with Crippen LogP contribution in [0.3, 0.4) is 0 Å². The fourth-order valence-corrected chi connectivity index (χ4v) is 1.17. The van der Waals surface area contributed by atoms with E-state index in [0.29, 0.717) is 17.1 Å². The number of halogens is 1. The number of methoxy groups -OCH3 is 1. The minimum absolute atomic E-state index is 0. The van der Waals surface area contributed by atoms with Crippen molar-refractivity contribution in [3.8, 4) is 11.5 Å². The van der Waals surface area contributed by atoms with E-state index in [1.807, 2.05) is 0 Å². The van der Waals surface area contributed by atoms with E-state index >= 15 is 0 Å². The third-order valence-electron chi connectivity index (χ3n) is 2.13. The summed E-state index contributed by atoms with van der Waals surface area (Å²) in [6.07, 6.45) is -0.980. The van der Waals surface area contributed by atoms with Crippen molar-refractivity contribution >= 4 is 24.2 Å². The number of hydrogen-bond donors (Lipinski definition) is 3. The molecule has 6 nitrogen and oxygen atoms in total. The van der Waals surface area contributed by atoms with Gasteiger partial charge in [-0.25, -0.2) is 4.79 Å². The number of carbonyl (C=O) groups is 1. The van der Waals surface area contributed by atoms with Crippen LogP contribution in [0.5, 0.6) is 11.5 Å². The van der Waals surface area contributed by atoms with E-state index in [1.54, 1.807) is 6.07 Å². The summed E-state index contributed by atoms with van der Waals surface area (Å²) < 4.78 is 10.2. The first kappa shape index (κ1) is 16.1. The Bertz CT molecular complexity index is 451. The standard InChI is InChI=1S/C11H14N2O4.ClH/c1-6(11(14)15)17-8-4-3-7(10(12)13)5-9(8)16-2;/h3-6H,1-2H3,(H3,12,13)(H,14,15);1H. The molecule has 0 saturated heterocycles. The summed E-state index contributed by atoms with van der Waals surface area (Å²) in [5.41, 5.74) is 5.81. The lowest BCUT2D eigenvalue weighted by Crippen LogP contribution is -2.23. The van der Waals surface area contributed by atoms with Crippen molar-refractivity contribution in [2.75, 3.05) is 7.11 Å². The van der Waals surface area contributed by atoms with Gasteiger partial charge in [-0.05, 0) is 25.1 Å². The van der Waals surface area contributed by atoms with Crippen LogP contribution in [-0.4, -0.2) is 30.1 Å². The molecule has 0 radical (unpaired) electrons. The van der Waals surface area contributed by atoms with Gasteiger partial charge in [0.25, 0.3) is 0 Å². The number of ether oxygens (including phenoxy) is 2. The first-order valence-electron chi connectivity index (χ1n) is 4.87. The van der Waals surface area contributed by atoms with Crippen LogP contribution in [0.25, 0.3) is 0 Å². The molecule has 0 spiro atoms. The van der Waals surface area contributed by atoms with Gasteiger partial charge in [-0.15, -0.1) is 12.4 Å². The molecular formula is C11H15ClN2O4. The van der Waals surface area contributed by atoms with Gasteiger partial charge in [0.2, 0.25) is 0 Å². The number of carboxylic acids is 1. The second-order valence-corrected chi connectivity index (χ2v) is 3.38. The van der Waals surface area contributed by atoms with Crippen LogP contribution in [0, 0.1) is 5.41 Å². The molecule has 0 aliphatic heterocycles. The Morgan fingerprint density at radius 1 is 1.44 bits per heavy atom. The number of benzene rings is 1. The highest BCUT2D eigenvalue weighted by Gasteiger charge is 2.15. The molecule has 0 aromatic heterocycles. The fourth-order valence-electron chi connectivity index (χ4n) is 1.17. The maximum Gasteiger partial charge on any atom is 0.344 e. The number of nitrogen functional groups attached to an aromatic ring is 1. The van der Waals surface area contributed by atoms with E-state index in [-0.39, 0.29) is 18.2 Å². The van der Waals surface area contributed by atoms with Crippen molar-refractivity contribution in [3.63, 3.8) is 0 Å². The Kier molecular flexibility index (Phi) is 5.98. The van der Waals surface area contributed by atoms with Crippen LogP contribution in [0.2, 0.25) is 0 Å². The van der Waals surface area contributed by atoms with Crippen molar-refractivity contribution in [3.05, 3.63) is 23.8 Å². The summed E-state index contributed by atoms with van der Waals surface area (Å²) in [7, 11) is 1.43. The summed E-state index contributed by atoms with van der Waals surface area (Å²) in [4.78, 5) is 10.7. The van der Waals surface area contributed by atoms with Crippen LogP contribution in [-0.2, 0) is 4.79 Å². The molecule has 1 unspecified atom stereocenters. The molecule has 0 heterocycles. The number of amidine groups is 1. The largest absolute Gasteiger partial charge is 0.493 e. The Hall–Kier alpha value is -1.95. The predicted molar refractivity (Wildman–Crippen MR) is 69.0 cm³/mol. The molecule has 1 aromatic carbocycles. The molecule has 0 aliphatic carbocycles. The second-order valence-electron chi connectivity index (χ2n) is 3.38. The highest BCUT2D eigenvalue weighted by atomic mass is 35.5. The molecule has 1 rings (SSSR count). The van der Waals surface area contributed by atoms with Gasteiger partial charge in [0.15, 0.2) is 17.6 Å². The number of hydrogen-bond acceptors (Lipinski definition) is 4. The van der Waals surface area contributed by atoms with Gasteiger partial charge in [-0.1, -0.05) is 0 Å². The van der Waals surface area contributed by atoms with E-state index in [0.717, 1.165) is 0 Å². The Balaban J connectivity index is 0.00000289. The lowest BCUT2D eigenvalue weighted by molar-refractivity contribution is -0.144. The third kappa shape index (κ3) is 3.81. The molecule has 4 N–H and O–H groups in total. The molecule has 0 amide bonds. The average Bonchev–Trinajstić information content (AvgIpc) is 2.28. The van der Waals surface area contributed by atoms with Crippen molar-refractivity contribution in [2.45, 2.75) is 13.0 Å². The van der Waals surface area contributed by atoms with E-state index < -0.39 is 12.1 Å². The number of rotatable bonds is 5. The average molecular weight is 275 g/mol. The Labute approximate surface area is 111 Å². The molecule has 7 heteroatoms. The number of aliphatic carboxylic acids is 1. The topological polar surface area (TPSA) is 106 Å². The lowest BCUT2D eigenvalue weighted by atomic mass is 10.2. The molecule has 1 atom stereocenters. The first-order valence-corrected chi connectivity index (χ1v) is 4.87. The van der Waals surface area contributed by atoms with Crippen molar-refractivity contribution in [1.29, 1.82) is 5.41 Å². The van der Waals surface area contributed by atoms with E-state index in [1.165, 1.54) is 26.2 Å². The van der Waals surface area contributed by atoms with Crippen LogP contribution in [0.4, 0.5) is 0 Å². The van der Waals surface area contributed by atoms with Crippen molar-refractivity contribution in [2.24, 2.45) is 5.73 Å². The molecule has 0 fully saturated rings. The van der Waals surface area contributed by atoms with Crippen LogP contribution < -0.4 is 15.2 Å². The molecule has 1 aromatic rings. The van der Waals surface area contributed by atoms with Gasteiger partial charge in [-0.2, -0.15) is 0 Å². The molecule has 100 valence electrons. The molecular weight excluding hydrogens is 260 g/mol. The Morgan fingerprint density at radius 3 is 2.50 bits per heavy atom. The highest BCUT2D eigenvalue weighted by Crippen LogP contribution is 2.28. The zero-order valence-corrected chi connectivity index (χ0v) is 10.8. The SMILES string of the molecule is COc1cc(C(=N)N)ccc1OC(C)C(=O)O.Cl. The van der Waals surface area contributed by atoms with E-state index in [4.69, 9.17) is 25.7 Å². The predicted octanol–water partition coefficient (Wildman–Crippen LogP) is 1.25. The fraction of sp³-hybridized carbons (Fsp3) is 0.273. The summed E-state index contributed by atoms with van der Waals surface area (Å²) >= 11 is 0. The molecule has 18 heavy (non-hydrogen) atoms. The minimum atomic E-state index is -1.07. The quantitative estimate of drug-likeness (QED) is 0.553. The molecule has 0 aliphatic rings. The van der Waals surface area contributed by atoms with Gasteiger partial charge in [0.05, 0.1) is 7.11 Å². The second kappa shape index (κ2) is 6.70. The van der Waals surface area contributed by atoms with Gasteiger partial charge in [0.1, 0.15) is 5.84 Å². The van der Waals surface area contributed by atoms with Gasteiger partial charge in [0, 0.05) is 5.56 Å².